The van der Waals surface area contributed by atoms with Crippen LogP contribution in [0.3, 0.4) is 0 Å². The van der Waals surface area contributed by atoms with Crippen molar-refractivity contribution in [2.75, 3.05) is 13.2 Å². The number of carbonyl (C=O) groups excluding carboxylic acids is 2. The summed E-state index contributed by atoms with van der Waals surface area (Å²) < 4.78 is 10.6. The highest BCUT2D eigenvalue weighted by Crippen LogP contribution is 2.35. The number of carbonyl (C=O) groups is 2. The van der Waals surface area contributed by atoms with Gasteiger partial charge in [-0.25, -0.2) is 0 Å². The first-order chi connectivity index (χ1) is 13.6. The van der Waals surface area contributed by atoms with E-state index in [1.807, 2.05) is 0 Å². The third-order valence-corrected chi connectivity index (χ3v) is 5.50. The second kappa shape index (κ2) is 18.0. The van der Waals surface area contributed by atoms with Crippen LogP contribution < -0.4 is 0 Å². The number of ether oxygens (including phenoxy) is 2. The van der Waals surface area contributed by atoms with Crippen LogP contribution in [0.25, 0.3) is 0 Å². The lowest BCUT2D eigenvalue weighted by atomic mass is 9.78. The zero-order chi connectivity index (χ0) is 21.1. The molecule has 0 rings (SSSR count). The lowest BCUT2D eigenvalue weighted by Crippen LogP contribution is -2.42. The number of unbranched alkanes of at least 4 members (excludes halogenated alkanes) is 11. The lowest BCUT2D eigenvalue weighted by Gasteiger charge is -2.29. The summed E-state index contributed by atoms with van der Waals surface area (Å²) in [5.74, 6) is -0.789. The van der Waals surface area contributed by atoms with Crippen LogP contribution in [-0.2, 0) is 19.1 Å². The molecule has 0 saturated heterocycles. The normalized spacial score (nSPS) is 11.4. The van der Waals surface area contributed by atoms with E-state index in [1.54, 1.807) is 13.8 Å². The highest BCUT2D eigenvalue weighted by molar-refractivity contribution is 6.00. The van der Waals surface area contributed by atoms with E-state index < -0.39 is 17.4 Å². The van der Waals surface area contributed by atoms with Crippen molar-refractivity contribution in [1.82, 2.24) is 0 Å². The summed E-state index contributed by atoms with van der Waals surface area (Å²) >= 11 is 0. The summed E-state index contributed by atoms with van der Waals surface area (Å²) in [4.78, 5) is 25.4. The van der Waals surface area contributed by atoms with Crippen molar-refractivity contribution in [3.05, 3.63) is 0 Å². The molecule has 0 bridgehead atoms. The Morgan fingerprint density at radius 3 is 1.29 bits per heavy atom. The molecule has 0 saturated carbocycles. The highest BCUT2D eigenvalue weighted by atomic mass is 16.6. The van der Waals surface area contributed by atoms with Gasteiger partial charge in [-0.3, -0.25) is 9.59 Å². The third-order valence-electron chi connectivity index (χ3n) is 5.50. The molecule has 0 unspecified atom stereocenters. The molecular formula is C24H46O4. The Kier molecular flexibility index (Phi) is 17.3. The van der Waals surface area contributed by atoms with Crippen LogP contribution in [0.1, 0.15) is 124 Å². The molecule has 0 aliphatic rings. The fourth-order valence-corrected chi connectivity index (χ4v) is 3.72. The molecule has 0 amide bonds. The Morgan fingerprint density at radius 1 is 0.536 bits per heavy atom. The Hall–Kier alpha value is -1.06. The molecule has 0 aromatic heterocycles. The van der Waals surface area contributed by atoms with E-state index in [0.29, 0.717) is 26.1 Å². The Labute approximate surface area is 174 Å². The Bertz CT molecular complexity index is 374. The van der Waals surface area contributed by atoms with E-state index in [4.69, 9.17) is 9.47 Å². The van der Waals surface area contributed by atoms with Crippen molar-refractivity contribution < 1.29 is 19.1 Å². The molecule has 28 heavy (non-hydrogen) atoms. The van der Waals surface area contributed by atoms with E-state index in [0.717, 1.165) is 25.7 Å². The number of hydrogen-bond donors (Lipinski definition) is 0. The van der Waals surface area contributed by atoms with Gasteiger partial charge in [0.25, 0.3) is 0 Å². The van der Waals surface area contributed by atoms with E-state index in [2.05, 4.69) is 13.8 Å². The van der Waals surface area contributed by atoms with Crippen molar-refractivity contribution >= 4 is 11.9 Å². The van der Waals surface area contributed by atoms with Crippen molar-refractivity contribution in [1.29, 1.82) is 0 Å². The molecule has 0 aliphatic carbocycles. The SMILES string of the molecule is CCCCCCCCCCCCCC(CCCC)(C(=O)OCC)C(=O)OCC. The first kappa shape index (κ1) is 26.9. The fraction of sp³-hybridized carbons (Fsp3) is 0.917. The van der Waals surface area contributed by atoms with E-state index >= 15 is 0 Å². The van der Waals surface area contributed by atoms with Crippen molar-refractivity contribution in [3.63, 3.8) is 0 Å². The van der Waals surface area contributed by atoms with Crippen LogP contribution in [0.2, 0.25) is 0 Å². The van der Waals surface area contributed by atoms with Crippen LogP contribution >= 0.6 is 0 Å². The maximum atomic E-state index is 12.7. The van der Waals surface area contributed by atoms with Crippen molar-refractivity contribution in [2.24, 2.45) is 5.41 Å². The van der Waals surface area contributed by atoms with E-state index in [-0.39, 0.29) is 0 Å². The van der Waals surface area contributed by atoms with Crippen LogP contribution in [-0.4, -0.2) is 25.2 Å². The minimum Gasteiger partial charge on any atom is -0.465 e. The van der Waals surface area contributed by atoms with Gasteiger partial charge in [0.15, 0.2) is 5.41 Å². The van der Waals surface area contributed by atoms with Gasteiger partial charge in [-0.1, -0.05) is 97.3 Å². The molecule has 4 heteroatoms. The van der Waals surface area contributed by atoms with Gasteiger partial charge in [-0.2, -0.15) is 0 Å². The summed E-state index contributed by atoms with van der Waals surface area (Å²) in [5, 5.41) is 0. The maximum absolute atomic E-state index is 12.7. The molecule has 0 aromatic rings. The van der Waals surface area contributed by atoms with Crippen molar-refractivity contribution in [2.45, 2.75) is 124 Å². The first-order valence-electron chi connectivity index (χ1n) is 11.9. The number of esters is 2. The van der Waals surface area contributed by atoms with Gasteiger partial charge < -0.3 is 9.47 Å². The first-order valence-corrected chi connectivity index (χ1v) is 11.9. The molecule has 166 valence electrons. The van der Waals surface area contributed by atoms with E-state index in [9.17, 15) is 9.59 Å². The molecule has 0 heterocycles. The van der Waals surface area contributed by atoms with Gasteiger partial charge >= 0.3 is 11.9 Å². The minimum atomic E-state index is -1.11. The zero-order valence-electron chi connectivity index (χ0n) is 19.2. The Morgan fingerprint density at radius 2 is 0.893 bits per heavy atom. The van der Waals surface area contributed by atoms with Gasteiger partial charge in [0.1, 0.15) is 0 Å². The topological polar surface area (TPSA) is 52.6 Å². The standard InChI is InChI=1S/C24H46O4/c1-5-9-11-12-13-14-15-16-17-18-19-21-24(20-10-6-2,22(25)27-7-3)23(26)28-8-4/h5-21H2,1-4H3. The summed E-state index contributed by atoms with van der Waals surface area (Å²) in [5.41, 5.74) is -1.11. The van der Waals surface area contributed by atoms with Gasteiger partial charge in [-0.05, 0) is 26.7 Å². The van der Waals surface area contributed by atoms with Gasteiger partial charge in [0.05, 0.1) is 13.2 Å². The predicted molar refractivity (Wildman–Crippen MR) is 116 cm³/mol. The summed E-state index contributed by atoms with van der Waals surface area (Å²) in [6.07, 6.45) is 16.6. The average molecular weight is 399 g/mol. The zero-order valence-corrected chi connectivity index (χ0v) is 19.2. The highest BCUT2D eigenvalue weighted by Gasteiger charge is 2.47. The van der Waals surface area contributed by atoms with Crippen molar-refractivity contribution in [3.8, 4) is 0 Å². The molecular weight excluding hydrogens is 352 g/mol. The molecule has 0 radical (unpaired) electrons. The summed E-state index contributed by atoms with van der Waals surface area (Å²) in [7, 11) is 0. The summed E-state index contributed by atoms with van der Waals surface area (Å²) in [6.45, 7) is 8.49. The maximum Gasteiger partial charge on any atom is 0.323 e. The van der Waals surface area contributed by atoms with Crippen LogP contribution in [0.15, 0.2) is 0 Å². The third kappa shape index (κ3) is 11.1. The lowest BCUT2D eigenvalue weighted by molar-refractivity contribution is -0.173. The second-order valence-corrected chi connectivity index (χ2v) is 7.91. The van der Waals surface area contributed by atoms with Gasteiger partial charge in [-0.15, -0.1) is 0 Å². The second-order valence-electron chi connectivity index (χ2n) is 7.91. The molecule has 0 atom stereocenters. The molecule has 4 nitrogen and oxygen atoms in total. The minimum absolute atomic E-state index is 0.296. The van der Waals surface area contributed by atoms with Crippen LogP contribution in [0.4, 0.5) is 0 Å². The number of rotatable bonds is 19. The fourth-order valence-electron chi connectivity index (χ4n) is 3.72. The molecule has 0 N–H and O–H groups in total. The van der Waals surface area contributed by atoms with E-state index in [1.165, 1.54) is 57.8 Å². The molecule has 0 aromatic carbocycles. The average Bonchev–Trinajstić information content (AvgIpc) is 2.68. The summed E-state index contributed by atoms with van der Waals surface area (Å²) in [6, 6.07) is 0. The molecule has 0 spiro atoms. The Balaban J connectivity index is 4.39. The smallest absolute Gasteiger partial charge is 0.323 e. The van der Waals surface area contributed by atoms with Crippen LogP contribution in [0, 0.1) is 5.41 Å². The largest absolute Gasteiger partial charge is 0.465 e. The monoisotopic (exact) mass is 398 g/mol. The van der Waals surface area contributed by atoms with Crippen LogP contribution in [0.5, 0.6) is 0 Å². The van der Waals surface area contributed by atoms with Gasteiger partial charge in [0.2, 0.25) is 0 Å². The predicted octanol–water partition coefficient (Wildman–Crippen LogP) is 6.99. The number of hydrogen-bond acceptors (Lipinski definition) is 4. The quantitative estimate of drug-likeness (QED) is 0.134. The molecule has 0 aliphatic heterocycles. The molecule has 0 fully saturated rings. The van der Waals surface area contributed by atoms with Gasteiger partial charge in [0, 0.05) is 0 Å².